The van der Waals surface area contributed by atoms with E-state index < -0.39 is 0 Å². The maximum absolute atomic E-state index is 4.34. The highest BCUT2D eigenvalue weighted by Gasteiger charge is 2.04. The molecule has 1 aromatic heterocycles. The maximum atomic E-state index is 4.34. The summed E-state index contributed by atoms with van der Waals surface area (Å²) in [5, 5.41) is 10.4. The Morgan fingerprint density at radius 1 is 1.11 bits per heavy atom. The normalized spacial score (nSPS) is 10.8. The first kappa shape index (κ1) is 11.8. The number of hydrogen-bond acceptors (Lipinski definition) is 2. The maximum Gasteiger partial charge on any atom is 0.0825 e. The molecule has 0 aliphatic rings. The second-order valence-electron chi connectivity index (χ2n) is 4.79. The van der Waals surface area contributed by atoms with E-state index in [2.05, 4.69) is 52.9 Å². The van der Waals surface area contributed by atoms with Gasteiger partial charge in [-0.05, 0) is 23.3 Å². The van der Waals surface area contributed by atoms with Crippen LogP contribution in [0.2, 0.25) is 0 Å². The van der Waals surface area contributed by atoms with E-state index in [0.29, 0.717) is 0 Å². The summed E-state index contributed by atoms with van der Waals surface area (Å²) in [7, 11) is 1.94. The third-order valence-electron chi connectivity index (χ3n) is 3.36. The number of benzene rings is 2. The van der Waals surface area contributed by atoms with E-state index in [1.807, 2.05) is 24.9 Å². The summed E-state index contributed by atoms with van der Waals surface area (Å²) >= 11 is 0. The molecule has 19 heavy (non-hydrogen) atoms. The average Bonchev–Trinajstić information content (AvgIpc) is 2.74. The van der Waals surface area contributed by atoms with Crippen LogP contribution in [0.4, 0.5) is 5.69 Å². The van der Waals surface area contributed by atoms with Crippen LogP contribution < -0.4 is 5.32 Å². The number of fused-ring (bicyclic) bond motifs is 1. The van der Waals surface area contributed by atoms with E-state index in [1.54, 1.807) is 0 Å². The largest absolute Gasteiger partial charge is 0.378 e. The Kier molecular flexibility index (Phi) is 2.95. The first-order valence-electron chi connectivity index (χ1n) is 6.45. The molecule has 0 aliphatic carbocycles. The molecule has 0 bridgehead atoms. The monoisotopic (exact) mass is 251 g/mol. The van der Waals surface area contributed by atoms with E-state index in [-0.39, 0.29) is 0 Å². The van der Waals surface area contributed by atoms with Gasteiger partial charge in [0.25, 0.3) is 0 Å². The van der Waals surface area contributed by atoms with Gasteiger partial charge in [-0.1, -0.05) is 42.5 Å². The Morgan fingerprint density at radius 3 is 2.68 bits per heavy atom. The quantitative estimate of drug-likeness (QED) is 0.772. The number of rotatable bonds is 3. The fraction of sp³-hybridized carbons (Fsp3) is 0.188. The molecular weight excluding hydrogens is 234 g/mol. The van der Waals surface area contributed by atoms with Gasteiger partial charge in [-0.15, -0.1) is 0 Å². The molecular formula is C16H17N3. The lowest BCUT2D eigenvalue weighted by Crippen LogP contribution is -2.00. The number of nitrogens with one attached hydrogen (secondary N) is 1. The molecule has 0 amide bonds. The van der Waals surface area contributed by atoms with Crippen molar-refractivity contribution in [3.63, 3.8) is 0 Å². The van der Waals surface area contributed by atoms with E-state index in [9.17, 15) is 0 Å². The van der Waals surface area contributed by atoms with Gasteiger partial charge >= 0.3 is 0 Å². The SMILES string of the molecule is Cc1nn(C)cc1NCc1cccc2ccccc12. The number of anilines is 1. The van der Waals surface area contributed by atoms with Crippen molar-refractivity contribution >= 4 is 16.5 Å². The van der Waals surface area contributed by atoms with Gasteiger partial charge in [0.15, 0.2) is 0 Å². The van der Waals surface area contributed by atoms with Crippen molar-refractivity contribution in [2.24, 2.45) is 7.05 Å². The van der Waals surface area contributed by atoms with Crippen LogP contribution in [0.25, 0.3) is 10.8 Å². The van der Waals surface area contributed by atoms with Crippen molar-refractivity contribution in [1.82, 2.24) is 9.78 Å². The lowest BCUT2D eigenvalue weighted by molar-refractivity contribution is 0.756. The van der Waals surface area contributed by atoms with Crippen LogP contribution in [0.1, 0.15) is 11.3 Å². The van der Waals surface area contributed by atoms with Crippen LogP contribution in [0, 0.1) is 6.92 Å². The zero-order chi connectivity index (χ0) is 13.2. The highest BCUT2D eigenvalue weighted by Crippen LogP contribution is 2.20. The number of aryl methyl sites for hydroxylation is 2. The Hall–Kier alpha value is -2.29. The number of hydrogen-bond donors (Lipinski definition) is 1. The highest BCUT2D eigenvalue weighted by atomic mass is 15.3. The van der Waals surface area contributed by atoms with E-state index in [0.717, 1.165) is 17.9 Å². The minimum Gasteiger partial charge on any atom is -0.378 e. The molecule has 0 radical (unpaired) electrons. The molecule has 3 rings (SSSR count). The van der Waals surface area contributed by atoms with Crippen LogP contribution in [-0.4, -0.2) is 9.78 Å². The third kappa shape index (κ3) is 2.32. The molecule has 0 saturated heterocycles. The molecule has 1 N–H and O–H groups in total. The predicted molar refractivity (Wildman–Crippen MR) is 79.2 cm³/mol. The average molecular weight is 251 g/mol. The van der Waals surface area contributed by atoms with Gasteiger partial charge in [0.2, 0.25) is 0 Å². The fourth-order valence-corrected chi connectivity index (χ4v) is 2.41. The van der Waals surface area contributed by atoms with E-state index in [4.69, 9.17) is 0 Å². The molecule has 0 aliphatic heterocycles. The van der Waals surface area contributed by atoms with Crippen LogP contribution in [0.5, 0.6) is 0 Å². The van der Waals surface area contributed by atoms with Gasteiger partial charge in [-0.2, -0.15) is 5.10 Å². The fourth-order valence-electron chi connectivity index (χ4n) is 2.41. The van der Waals surface area contributed by atoms with Gasteiger partial charge in [0.05, 0.1) is 11.4 Å². The summed E-state index contributed by atoms with van der Waals surface area (Å²) < 4.78 is 1.83. The van der Waals surface area contributed by atoms with Gasteiger partial charge < -0.3 is 5.32 Å². The van der Waals surface area contributed by atoms with Crippen molar-refractivity contribution in [1.29, 1.82) is 0 Å². The lowest BCUT2D eigenvalue weighted by Gasteiger charge is -2.08. The van der Waals surface area contributed by atoms with E-state index in [1.165, 1.54) is 16.3 Å². The van der Waals surface area contributed by atoms with Crippen molar-refractivity contribution in [3.8, 4) is 0 Å². The van der Waals surface area contributed by atoms with Crippen LogP contribution >= 0.6 is 0 Å². The van der Waals surface area contributed by atoms with Crippen LogP contribution in [0.3, 0.4) is 0 Å². The molecule has 0 unspecified atom stereocenters. The summed E-state index contributed by atoms with van der Waals surface area (Å²) in [6.07, 6.45) is 2.01. The van der Waals surface area contributed by atoms with Crippen molar-refractivity contribution in [3.05, 3.63) is 59.9 Å². The first-order valence-corrected chi connectivity index (χ1v) is 6.45. The second kappa shape index (κ2) is 4.76. The van der Waals surface area contributed by atoms with Crippen molar-refractivity contribution < 1.29 is 0 Å². The summed E-state index contributed by atoms with van der Waals surface area (Å²) in [4.78, 5) is 0. The molecule has 3 heteroatoms. The predicted octanol–water partition coefficient (Wildman–Crippen LogP) is 3.49. The highest BCUT2D eigenvalue weighted by molar-refractivity contribution is 5.85. The van der Waals surface area contributed by atoms with Crippen LogP contribution in [-0.2, 0) is 13.6 Å². The van der Waals surface area contributed by atoms with Crippen LogP contribution in [0.15, 0.2) is 48.7 Å². The standard InChI is InChI=1S/C16H17N3/c1-12-16(11-19(2)18-12)17-10-14-8-5-7-13-6-3-4-9-15(13)14/h3-9,11,17H,10H2,1-2H3. The van der Waals surface area contributed by atoms with Crippen molar-refractivity contribution in [2.75, 3.05) is 5.32 Å². The van der Waals surface area contributed by atoms with Gasteiger partial charge in [0.1, 0.15) is 0 Å². The summed E-state index contributed by atoms with van der Waals surface area (Å²) in [5.74, 6) is 0. The third-order valence-corrected chi connectivity index (χ3v) is 3.36. The summed E-state index contributed by atoms with van der Waals surface area (Å²) in [6, 6.07) is 14.9. The Labute approximate surface area is 112 Å². The lowest BCUT2D eigenvalue weighted by atomic mass is 10.0. The molecule has 0 saturated carbocycles. The number of aromatic nitrogens is 2. The zero-order valence-corrected chi connectivity index (χ0v) is 11.2. The molecule has 0 atom stereocenters. The Bertz CT molecular complexity index is 708. The smallest absolute Gasteiger partial charge is 0.0825 e. The Morgan fingerprint density at radius 2 is 1.89 bits per heavy atom. The van der Waals surface area contributed by atoms with Gasteiger partial charge in [-0.3, -0.25) is 4.68 Å². The summed E-state index contributed by atoms with van der Waals surface area (Å²) in [6.45, 7) is 2.83. The zero-order valence-electron chi connectivity index (χ0n) is 11.2. The minimum absolute atomic E-state index is 0.813. The van der Waals surface area contributed by atoms with E-state index >= 15 is 0 Å². The summed E-state index contributed by atoms with van der Waals surface area (Å²) in [5.41, 5.74) is 3.43. The minimum atomic E-state index is 0.813. The molecule has 0 fully saturated rings. The van der Waals surface area contributed by atoms with Gasteiger partial charge in [-0.25, -0.2) is 0 Å². The molecule has 96 valence electrons. The molecule has 3 aromatic rings. The molecule has 1 heterocycles. The molecule has 0 spiro atoms. The Balaban J connectivity index is 1.88. The topological polar surface area (TPSA) is 29.9 Å². The first-order chi connectivity index (χ1) is 9.24. The number of nitrogens with zero attached hydrogens (tertiary/aromatic N) is 2. The molecule has 3 nitrogen and oxygen atoms in total. The second-order valence-corrected chi connectivity index (χ2v) is 4.79. The van der Waals surface area contributed by atoms with Crippen molar-refractivity contribution in [2.45, 2.75) is 13.5 Å². The van der Waals surface area contributed by atoms with Gasteiger partial charge in [0, 0.05) is 19.8 Å². The molecule has 2 aromatic carbocycles.